The standard InChI is InChI=1S/C21H29BrOSi/c1-15(2)24(16(3)4,17(5)6)23-21(18-11-7-8-12-18)19-13-9-10-14-20(19)22/h7-11,13-17,21H,1-6H3. The summed E-state index contributed by atoms with van der Waals surface area (Å²) < 4.78 is 8.21. The van der Waals surface area contributed by atoms with E-state index in [9.17, 15) is 0 Å². The molecule has 130 valence electrons. The topological polar surface area (TPSA) is 9.23 Å². The molecule has 1 aliphatic rings. The van der Waals surface area contributed by atoms with Gasteiger partial charge in [-0.1, -0.05) is 81.7 Å². The van der Waals surface area contributed by atoms with Crippen LogP contribution in [-0.4, -0.2) is 8.32 Å². The average Bonchev–Trinajstić information content (AvgIpc) is 3.02. The van der Waals surface area contributed by atoms with E-state index in [0.29, 0.717) is 16.6 Å². The summed E-state index contributed by atoms with van der Waals surface area (Å²) in [5, 5.41) is 0. The van der Waals surface area contributed by atoms with Crippen LogP contribution in [0.3, 0.4) is 0 Å². The summed E-state index contributed by atoms with van der Waals surface area (Å²) in [6.45, 7) is 14.0. The van der Waals surface area contributed by atoms with E-state index in [4.69, 9.17) is 4.43 Å². The van der Waals surface area contributed by atoms with Crippen molar-refractivity contribution in [3.05, 3.63) is 63.8 Å². The van der Waals surface area contributed by atoms with E-state index in [0.717, 1.165) is 10.0 Å². The van der Waals surface area contributed by atoms with Gasteiger partial charge < -0.3 is 4.43 Å². The Balaban J connectivity index is 2.54. The van der Waals surface area contributed by atoms with E-state index in [2.05, 4.69) is 93.5 Å². The van der Waals surface area contributed by atoms with Crippen molar-refractivity contribution in [3.63, 3.8) is 0 Å². The molecule has 3 heteroatoms. The van der Waals surface area contributed by atoms with Gasteiger partial charge in [-0.15, -0.1) is 5.73 Å². The van der Waals surface area contributed by atoms with Crippen LogP contribution in [0.25, 0.3) is 0 Å². The van der Waals surface area contributed by atoms with Gasteiger partial charge in [0.25, 0.3) is 0 Å². The first-order chi connectivity index (χ1) is 11.3. The van der Waals surface area contributed by atoms with E-state index >= 15 is 0 Å². The molecule has 1 aromatic rings. The lowest BCUT2D eigenvalue weighted by Crippen LogP contribution is -2.48. The number of halogens is 1. The predicted molar refractivity (Wildman–Crippen MR) is 110 cm³/mol. The van der Waals surface area contributed by atoms with Crippen molar-refractivity contribution in [3.8, 4) is 0 Å². The Hall–Kier alpha value is -0.863. The maximum atomic E-state index is 7.11. The van der Waals surface area contributed by atoms with E-state index in [-0.39, 0.29) is 6.10 Å². The van der Waals surface area contributed by atoms with Crippen LogP contribution in [0.1, 0.15) is 53.2 Å². The van der Waals surface area contributed by atoms with Gasteiger partial charge >= 0.3 is 0 Å². The van der Waals surface area contributed by atoms with Gasteiger partial charge in [0.15, 0.2) is 0 Å². The fourth-order valence-corrected chi connectivity index (χ4v) is 10.1. The molecule has 2 rings (SSSR count). The molecule has 0 amide bonds. The first-order valence-electron chi connectivity index (χ1n) is 8.86. The van der Waals surface area contributed by atoms with Crippen molar-refractivity contribution in [1.29, 1.82) is 0 Å². The first kappa shape index (κ1) is 19.5. The van der Waals surface area contributed by atoms with Crippen LogP contribution in [0.2, 0.25) is 16.6 Å². The molecule has 1 unspecified atom stereocenters. The van der Waals surface area contributed by atoms with Gasteiger partial charge in [0.05, 0.1) is 0 Å². The van der Waals surface area contributed by atoms with Gasteiger partial charge in [-0.2, -0.15) is 0 Å². The summed E-state index contributed by atoms with van der Waals surface area (Å²) in [6, 6.07) is 8.40. The minimum absolute atomic E-state index is 0.0607. The Morgan fingerprint density at radius 1 is 0.958 bits per heavy atom. The average molecular weight is 405 g/mol. The van der Waals surface area contributed by atoms with Crippen molar-refractivity contribution < 1.29 is 4.43 Å². The minimum Gasteiger partial charge on any atom is -0.404 e. The summed E-state index contributed by atoms with van der Waals surface area (Å²) in [5.41, 5.74) is 7.36. The fraction of sp³-hybridized carbons (Fsp3) is 0.476. The third-order valence-corrected chi connectivity index (χ3v) is 11.9. The molecule has 24 heavy (non-hydrogen) atoms. The zero-order valence-electron chi connectivity index (χ0n) is 15.6. The summed E-state index contributed by atoms with van der Waals surface area (Å²) in [5.74, 6) is 0. The summed E-state index contributed by atoms with van der Waals surface area (Å²) in [6.07, 6.45) is 6.09. The number of rotatable bonds is 7. The van der Waals surface area contributed by atoms with Crippen LogP contribution in [0, 0.1) is 0 Å². The lowest BCUT2D eigenvalue weighted by atomic mass is 10.0. The van der Waals surface area contributed by atoms with Gasteiger partial charge in [-0.3, -0.25) is 0 Å². The molecule has 0 fully saturated rings. The van der Waals surface area contributed by atoms with Crippen molar-refractivity contribution in [2.75, 3.05) is 0 Å². The number of hydrogen-bond donors (Lipinski definition) is 0. The molecule has 0 saturated carbocycles. The van der Waals surface area contributed by atoms with Crippen LogP contribution in [0.15, 0.2) is 58.3 Å². The molecule has 0 aromatic heterocycles. The van der Waals surface area contributed by atoms with Crippen molar-refractivity contribution >= 4 is 24.2 Å². The second-order valence-electron chi connectivity index (χ2n) is 7.46. The number of hydrogen-bond acceptors (Lipinski definition) is 1. The quantitative estimate of drug-likeness (QED) is 0.341. The Morgan fingerprint density at radius 3 is 2.00 bits per heavy atom. The Bertz CT molecular complexity index is 644. The molecule has 1 nitrogen and oxygen atoms in total. The highest BCUT2D eigenvalue weighted by Gasteiger charge is 2.47. The zero-order valence-corrected chi connectivity index (χ0v) is 18.2. The van der Waals surface area contributed by atoms with Gasteiger partial charge in [-0.25, -0.2) is 0 Å². The molecule has 0 spiro atoms. The third-order valence-electron chi connectivity index (χ3n) is 5.12. The molecule has 0 bridgehead atoms. The Labute approximate surface area is 156 Å². The molecule has 1 aromatic carbocycles. The SMILES string of the molecule is CC(C)[Si](OC(C1=C=CC=C1)c1ccccc1Br)(C(C)C)C(C)C. The largest absolute Gasteiger partial charge is 0.404 e. The van der Waals surface area contributed by atoms with Gasteiger partial charge in [0.2, 0.25) is 8.32 Å². The van der Waals surface area contributed by atoms with Crippen LogP contribution < -0.4 is 0 Å². The van der Waals surface area contributed by atoms with Crippen LogP contribution in [0.4, 0.5) is 0 Å². The van der Waals surface area contributed by atoms with Crippen LogP contribution in [0.5, 0.6) is 0 Å². The van der Waals surface area contributed by atoms with Crippen molar-refractivity contribution in [2.24, 2.45) is 0 Å². The third kappa shape index (κ3) is 3.70. The lowest BCUT2D eigenvalue weighted by molar-refractivity contribution is 0.212. The monoisotopic (exact) mass is 404 g/mol. The molecule has 0 N–H and O–H groups in total. The molecule has 1 aliphatic carbocycles. The maximum absolute atomic E-state index is 7.11. The molecule has 1 atom stereocenters. The molecular formula is C21H29BrOSi. The van der Waals surface area contributed by atoms with E-state index in [1.165, 1.54) is 5.56 Å². The van der Waals surface area contributed by atoms with Crippen molar-refractivity contribution in [2.45, 2.75) is 64.3 Å². The van der Waals surface area contributed by atoms with E-state index in [1.807, 2.05) is 12.2 Å². The zero-order chi connectivity index (χ0) is 17.9. The lowest BCUT2D eigenvalue weighted by Gasteiger charge is -2.45. The van der Waals surface area contributed by atoms with Crippen LogP contribution in [-0.2, 0) is 4.43 Å². The highest BCUT2D eigenvalue weighted by atomic mass is 79.9. The second kappa shape index (κ2) is 8.01. The van der Waals surface area contributed by atoms with Gasteiger partial charge in [0, 0.05) is 10.0 Å². The fourth-order valence-electron chi connectivity index (χ4n) is 4.10. The van der Waals surface area contributed by atoms with Crippen LogP contribution >= 0.6 is 15.9 Å². The molecule has 0 saturated heterocycles. The highest BCUT2D eigenvalue weighted by molar-refractivity contribution is 9.10. The molecule has 0 aliphatic heterocycles. The number of allylic oxidation sites excluding steroid dienone is 1. The molecule has 0 heterocycles. The normalized spacial score (nSPS) is 15.7. The minimum atomic E-state index is -1.99. The predicted octanol–water partition coefficient (Wildman–Crippen LogP) is 7.33. The molecular weight excluding hydrogens is 376 g/mol. The highest BCUT2D eigenvalue weighted by Crippen LogP contribution is 2.47. The Morgan fingerprint density at radius 2 is 1.54 bits per heavy atom. The smallest absolute Gasteiger partial charge is 0.201 e. The summed E-state index contributed by atoms with van der Waals surface area (Å²) in [4.78, 5) is 0. The van der Waals surface area contributed by atoms with Gasteiger partial charge in [-0.05, 0) is 40.4 Å². The van der Waals surface area contributed by atoms with Gasteiger partial charge in [0.1, 0.15) is 6.10 Å². The molecule has 0 radical (unpaired) electrons. The summed E-state index contributed by atoms with van der Waals surface area (Å²) >= 11 is 3.72. The van der Waals surface area contributed by atoms with E-state index < -0.39 is 8.32 Å². The maximum Gasteiger partial charge on any atom is 0.201 e. The summed E-state index contributed by atoms with van der Waals surface area (Å²) in [7, 11) is -1.99. The second-order valence-corrected chi connectivity index (χ2v) is 13.7. The Kier molecular flexibility index (Phi) is 6.50. The van der Waals surface area contributed by atoms with Crippen molar-refractivity contribution in [1.82, 2.24) is 0 Å². The first-order valence-corrected chi connectivity index (χ1v) is 11.8. The van der Waals surface area contributed by atoms with E-state index in [1.54, 1.807) is 0 Å². The number of benzene rings is 1.